The molecule has 0 fully saturated rings. The molecule has 1 aliphatic rings. The van der Waals surface area contributed by atoms with Gasteiger partial charge in [0.1, 0.15) is 11.3 Å². The molecule has 0 saturated heterocycles. The second kappa shape index (κ2) is 2.99. The topological polar surface area (TPSA) is 13.1 Å². The molecule has 0 spiro atoms. The molecule has 3 rings (SSSR count). The third-order valence-corrected chi connectivity index (χ3v) is 3.16. The summed E-state index contributed by atoms with van der Waals surface area (Å²) in [6.07, 6.45) is 4.45. The van der Waals surface area contributed by atoms with Crippen molar-refractivity contribution in [3.05, 3.63) is 40.7 Å². The average Bonchev–Trinajstić information content (AvgIpc) is 2.58. The monoisotopic (exact) mass is 198 g/mol. The Bertz CT molecular complexity index is 558. The number of benzene rings is 1. The van der Waals surface area contributed by atoms with Gasteiger partial charge in [0, 0.05) is 17.4 Å². The molecule has 1 heterocycles. The van der Waals surface area contributed by atoms with E-state index in [1.165, 1.54) is 22.1 Å². The normalized spacial score (nSPS) is 15.2. The average molecular weight is 198 g/mol. The zero-order valence-corrected chi connectivity index (χ0v) is 9.13. The summed E-state index contributed by atoms with van der Waals surface area (Å²) in [5.41, 5.74) is 5.05. The van der Waals surface area contributed by atoms with Crippen LogP contribution in [0.25, 0.3) is 17.0 Å². The quantitative estimate of drug-likeness (QED) is 0.621. The molecule has 0 N–H and O–H groups in total. The van der Waals surface area contributed by atoms with Gasteiger partial charge in [0.2, 0.25) is 0 Å². The van der Waals surface area contributed by atoms with E-state index < -0.39 is 0 Å². The molecule has 0 aliphatic heterocycles. The predicted molar refractivity (Wildman–Crippen MR) is 62.9 cm³/mol. The highest BCUT2D eigenvalue weighted by atomic mass is 16.3. The van der Waals surface area contributed by atoms with Gasteiger partial charge in [-0.3, -0.25) is 0 Å². The SMILES string of the molecule is CC1=Cc2c(oc3c(C)cccc23)CC1. The Morgan fingerprint density at radius 2 is 2.00 bits per heavy atom. The van der Waals surface area contributed by atoms with E-state index in [2.05, 4.69) is 38.1 Å². The smallest absolute Gasteiger partial charge is 0.137 e. The third-order valence-electron chi connectivity index (χ3n) is 3.16. The minimum atomic E-state index is 1.05. The lowest BCUT2D eigenvalue weighted by Gasteiger charge is -2.07. The van der Waals surface area contributed by atoms with E-state index in [4.69, 9.17) is 4.42 Å². The first-order valence-electron chi connectivity index (χ1n) is 5.44. The minimum Gasteiger partial charge on any atom is -0.460 e. The zero-order chi connectivity index (χ0) is 10.4. The largest absolute Gasteiger partial charge is 0.460 e. The van der Waals surface area contributed by atoms with E-state index in [1.807, 2.05) is 0 Å². The van der Waals surface area contributed by atoms with Crippen molar-refractivity contribution in [2.45, 2.75) is 26.7 Å². The van der Waals surface area contributed by atoms with Crippen LogP contribution in [0.5, 0.6) is 0 Å². The van der Waals surface area contributed by atoms with E-state index in [1.54, 1.807) is 0 Å². The molecule has 1 aliphatic carbocycles. The first-order chi connectivity index (χ1) is 7.25. The summed E-state index contributed by atoms with van der Waals surface area (Å²) >= 11 is 0. The number of aryl methyl sites for hydroxylation is 2. The van der Waals surface area contributed by atoms with Crippen molar-refractivity contribution in [2.24, 2.45) is 0 Å². The number of furan rings is 1. The molecule has 15 heavy (non-hydrogen) atoms. The van der Waals surface area contributed by atoms with Gasteiger partial charge in [0.15, 0.2) is 0 Å². The van der Waals surface area contributed by atoms with Gasteiger partial charge in [-0.25, -0.2) is 0 Å². The molecule has 0 amide bonds. The van der Waals surface area contributed by atoms with Crippen molar-refractivity contribution in [3.63, 3.8) is 0 Å². The Hall–Kier alpha value is -1.50. The maximum Gasteiger partial charge on any atom is 0.137 e. The van der Waals surface area contributed by atoms with Crippen molar-refractivity contribution in [1.29, 1.82) is 0 Å². The van der Waals surface area contributed by atoms with Crippen molar-refractivity contribution < 1.29 is 4.42 Å². The van der Waals surface area contributed by atoms with Gasteiger partial charge in [0.05, 0.1) is 0 Å². The third kappa shape index (κ3) is 1.23. The number of hydrogen-bond donors (Lipinski definition) is 0. The van der Waals surface area contributed by atoms with Crippen LogP contribution < -0.4 is 0 Å². The molecular weight excluding hydrogens is 184 g/mol. The number of rotatable bonds is 0. The second-order valence-electron chi connectivity index (χ2n) is 4.38. The Balaban J connectivity index is 2.39. The summed E-state index contributed by atoms with van der Waals surface area (Å²) in [6.45, 7) is 4.30. The molecule has 1 aromatic carbocycles. The predicted octanol–water partition coefficient (Wildman–Crippen LogP) is 4.09. The zero-order valence-electron chi connectivity index (χ0n) is 9.13. The number of fused-ring (bicyclic) bond motifs is 3. The standard InChI is InChI=1S/C14H14O/c1-9-6-7-13-12(8-9)11-5-3-4-10(2)14(11)15-13/h3-5,8H,6-7H2,1-2H3. The number of allylic oxidation sites excluding steroid dienone is 1. The van der Waals surface area contributed by atoms with E-state index in [0.717, 1.165) is 24.2 Å². The summed E-state index contributed by atoms with van der Waals surface area (Å²) in [5, 5.41) is 1.27. The molecule has 0 unspecified atom stereocenters. The maximum absolute atomic E-state index is 5.92. The van der Waals surface area contributed by atoms with E-state index in [9.17, 15) is 0 Å². The second-order valence-corrected chi connectivity index (χ2v) is 4.38. The van der Waals surface area contributed by atoms with Gasteiger partial charge in [-0.1, -0.05) is 29.8 Å². The van der Waals surface area contributed by atoms with Gasteiger partial charge < -0.3 is 4.42 Å². The van der Waals surface area contributed by atoms with Crippen LogP contribution in [0.1, 0.15) is 30.2 Å². The molecule has 1 heteroatoms. The summed E-state index contributed by atoms with van der Waals surface area (Å²) in [6, 6.07) is 6.36. The maximum atomic E-state index is 5.92. The van der Waals surface area contributed by atoms with Gasteiger partial charge >= 0.3 is 0 Å². The Morgan fingerprint density at radius 3 is 2.87 bits per heavy atom. The van der Waals surface area contributed by atoms with Gasteiger partial charge in [-0.2, -0.15) is 0 Å². The summed E-state index contributed by atoms with van der Waals surface area (Å²) in [7, 11) is 0. The van der Waals surface area contributed by atoms with Crippen LogP contribution in [0.3, 0.4) is 0 Å². The summed E-state index contributed by atoms with van der Waals surface area (Å²) in [4.78, 5) is 0. The van der Waals surface area contributed by atoms with Crippen molar-refractivity contribution in [1.82, 2.24) is 0 Å². The van der Waals surface area contributed by atoms with Crippen LogP contribution in [0.4, 0.5) is 0 Å². The van der Waals surface area contributed by atoms with E-state index >= 15 is 0 Å². The summed E-state index contributed by atoms with van der Waals surface area (Å²) in [5.74, 6) is 1.16. The van der Waals surface area contributed by atoms with Crippen LogP contribution in [-0.4, -0.2) is 0 Å². The fourth-order valence-electron chi connectivity index (χ4n) is 2.30. The lowest BCUT2D eigenvalue weighted by atomic mass is 9.97. The Morgan fingerprint density at radius 1 is 1.13 bits per heavy atom. The fourth-order valence-corrected chi connectivity index (χ4v) is 2.30. The first-order valence-corrected chi connectivity index (χ1v) is 5.44. The van der Waals surface area contributed by atoms with Crippen LogP contribution in [-0.2, 0) is 6.42 Å². The molecule has 2 aromatic rings. The Labute approximate surface area is 89.4 Å². The highest BCUT2D eigenvalue weighted by molar-refractivity contribution is 5.91. The molecule has 1 nitrogen and oxygen atoms in total. The lowest BCUT2D eigenvalue weighted by Crippen LogP contribution is -1.93. The molecule has 0 atom stereocenters. The molecule has 0 saturated carbocycles. The van der Waals surface area contributed by atoms with Gasteiger partial charge in [-0.05, 0) is 25.8 Å². The molecule has 1 aromatic heterocycles. The highest BCUT2D eigenvalue weighted by Crippen LogP contribution is 2.34. The van der Waals surface area contributed by atoms with Crippen LogP contribution in [0.15, 0.2) is 28.2 Å². The highest BCUT2D eigenvalue weighted by Gasteiger charge is 2.16. The molecular formula is C14H14O. The van der Waals surface area contributed by atoms with Gasteiger partial charge in [0.25, 0.3) is 0 Å². The molecule has 0 radical (unpaired) electrons. The molecule has 0 bridgehead atoms. The van der Waals surface area contributed by atoms with Crippen LogP contribution >= 0.6 is 0 Å². The van der Waals surface area contributed by atoms with Crippen LogP contribution in [0.2, 0.25) is 0 Å². The lowest BCUT2D eigenvalue weighted by molar-refractivity contribution is 0.541. The van der Waals surface area contributed by atoms with E-state index in [0.29, 0.717) is 0 Å². The molecule has 76 valence electrons. The number of hydrogen-bond acceptors (Lipinski definition) is 1. The Kier molecular flexibility index (Phi) is 1.75. The van der Waals surface area contributed by atoms with Crippen molar-refractivity contribution in [3.8, 4) is 0 Å². The number of para-hydroxylation sites is 1. The van der Waals surface area contributed by atoms with Crippen molar-refractivity contribution in [2.75, 3.05) is 0 Å². The fraction of sp³-hybridized carbons (Fsp3) is 0.286. The van der Waals surface area contributed by atoms with Crippen LogP contribution in [0, 0.1) is 6.92 Å². The minimum absolute atomic E-state index is 1.05. The van der Waals surface area contributed by atoms with Crippen molar-refractivity contribution >= 4 is 17.0 Å². The van der Waals surface area contributed by atoms with E-state index in [-0.39, 0.29) is 0 Å². The van der Waals surface area contributed by atoms with Gasteiger partial charge in [-0.15, -0.1) is 0 Å². The summed E-state index contributed by atoms with van der Waals surface area (Å²) < 4.78 is 5.92. The first kappa shape index (κ1) is 8.78.